The number of carbonyl (C=O) groups excluding carboxylic acids is 1. The summed E-state index contributed by atoms with van der Waals surface area (Å²) in [6, 6.07) is 15.3. The van der Waals surface area contributed by atoms with Gasteiger partial charge in [-0.05, 0) is 72.0 Å². The quantitative estimate of drug-likeness (QED) is 0.393. The van der Waals surface area contributed by atoms with Gasteiger partial charge in [0.15, 0.2) is 0 Å². The number of likely N-dealkylation sites (tertiary alicyclic amines) is 1. The van der Waals surface area contributed by atoms with Gasteiger partial charge in [-0.15, -0.1) is 0 Å². The second kappa shape index (κ2) is 12.4. The molecule has 2 aliphatic rings. The molecule has 9 heteroatoms. The van der Waals surface area contributed by atoms with Crippen molar-refractivity contribution in [2.24, 2.45) is 5.92 Å². The SMILES string of the molecule is CC(CN1CCN(c2ccc(C(C)(C)C)cc2)CC1)C(=O)N1CCC[C@H](Nc2ccc(SC(F)(F)F)cc2)C1. The minimum Gasteiger partial charge on any atom is -0.381 e. The van der Waals surface area contributed by atoms with Crippen LogP contribution in [-0.4, -0.2) is 73.1 Å². The van der Waals surface area contributed by atoms with Crippen LogP contribution in [0.5, 0.6) is 0 Å². The molecule has 2 aromatic carbocycles. The maximum absolute atomic E-state index is 13.3. The van der Waals surface area contributed by atoms with Crippen molar-refractivity contribution in [3.8, 4) is 0 Å². The summed E-state index contributed by atoms with van der Waals surface area (Å²) in [4.78, 5) is 20.2. The number of carbonyl (C=O) groups is 1. The highest BCUT2D eigenvalue weighted by Crippen LogP contribution is 2.37. The van der Waals surface area contributed by atoms with E-state index < -0.39 is 5.51 Å². The van der Waals surface area contributed by atoms with Crippen molar-refractivity contribution >= 4 is 29.0 Å². The summed E-state index contributed by atoms with van der Waals surface area (Å²) in [6.45, 7) is 14.6. The molecule has 2 aromatic rings. The van der Waals surface area contributed by atoms with Crippen molar-refractivity contribution in [3.05, 3.63) is 54.1 Å². The topological polar surface area (TPSA) is 38.8 Å². The van der Waals surface area contributed by atoms with Crippen molar-refractivity contribution in [2.75, 3.05) is 56.0 Å². The number of hydrogen-bond acceptors (Lipinski definition) is 5. The Morgan fingerprint density at radius 1 is 0.974 bits per heavy atom. The molecule has 0 aliphatic carbocycles. The van der Waals surface area contributed by atoms with Crippen LogP contribution in [0, 0.1) is 5.92 Å². The van der Waals surface area contributed by atoms with Crippen molar-refractivity contribution in [1.29, 1.82) is 0 Å². The molecule has 2 saturated heterocycles. The van der Waals surface area contributed by atoms with Gasteiger partial charge >= 0.3 is 5.51 Å². The summed E-state index contributed by atoms with van der Waals surface area (Å²) in [6.07, 6.45) is 1.83. The summed E-state index contributed by atoms with van der Waals surface area (Å²) in [7, 11) is 0. The number of rotatable bonds is 7. The zero-order valence-corrected chi connectivity index (χ0v) is 24.2. The predicted octanol–water partition coefficient (Wildman–Crippen LogP) is 6.46. The normalized spacial score (nSPS) is 20.1. The first-order valence-corrected chi connectivity index (χ1v) is 14.7. The van der Waals surface area contributed by atoms with Crippen LogP contribution in [0.3, 0.4) is 0 Å². The van der Waals surface area contributed by atoms with E-state index in [-0.39, 0.29) is 39.9 Å². The van der Waals surface area contributed by atoms with Crippen LogP contribution in [0.15, 0.2) is 53.4 Å². The molecule has 2 fully saturated rings. The molecule has 2 aliphatic heterocycles. The molecule has 0 radical (unpaired) electrons. The van der Waals surface area contributed by atoms with Crippen LogP contribution in [0.2, 0.25) is 0 Å². The standard InChI is InChI=1S/C30H41F3N4OS/c1-22(20-35-16-18-36(19-17-35)26-11-7-23(8-12-26)29(2,3)4)28(38)37-15-5-6-25(21-37)34-24-9-13-27(14-10-24)39-30(31,32)33/h7-14,22,25,34H,5-6,15-21H2,1-4H3/t22?,25-/m0/s1. The minimum absolute atomic E-state index is 0.0833. The van der Waals surface area contributed by atoms with Gasteiger partial charge in [-0.2, -0.15) is 13.2 Å². The molecule has 0 aromatic heterocycles. The Bertz CT molecular complexity index is 1080. The fourth-order valence-electron chi connectivity index (χ4n) is 5.42. The molecule has 1 unspecified atom stereocenters. The maximum Gasteiger partial charge on any atom is 0.446 e. The number of benzene rings is 2. The van der Waals surface area contributed by atoms with E-state index in [4.69, 9.17) is 0 Å². The van der Waals surface area contributed by atoms with Gasteiger partial charge in [0.1, 0.15) is 0 Å². The van der Waals surface area contributed by atoms with Gasteiger partial charge in [0.05, 0.1) is 0 Å². The summed E-state index contributed by atoms with van der Waals surface area (Å²) in [5.41, 5.74) is -0.770. The third-order valence-corrected chi connectivity index (χ3v) is 8.36. The van der Waals surface area contributed by atoms with E-state index >= 15 is 0 Å². The highest BCUT2D eigenvalue weighted by atomic mass is 32.2. The molecule has 214 valence electrons. The number of nitrogens with one attached hydrogen (secondary N) is 1. The number of thioether (sulfide) groups is 1. The lowest BCUT2D eigenvalue weighted by Crippen LogP contribution is -2.51. The van der Waals surface area contributed by atoms with Crippen LogP contribution >= 0.6 is 11.8 Å². The summed E-state index contributed by atoms with van der Waals surface area (Å²) < 4.78 is 37.8. The number of piperazine rings is 1. The lowest BCUT2D eigenvalue weighted by Gasteiger charge is -2.39. The highest BCUT2D eigenvalue weighted by molar-refractivity contribution is 8.00. The zero-order chi connectivity index (χ0) is 28.2. The molecule has 2 heterocycles. The van der Waals surface area contributed by atoms with Gasteiger partial charge < -0.3 is 15.1 Å². The van der Waals surface area contributed by atoms with E-state index in [1.54, 1.807) is 12.1 Å². The van der Waals surface area contributed by atoms with Gasteiger partial charge in [-0.3, -0.25) is 9.69 Å². The Kier molecular flexibility index (Phi) is 9.42. The fourth-order valence-corrected chi connectivity index (χ4v) is 5.96. The number of anilines is 2. The molecule has 1 N–H and O–H groups in total. The third-order valence-electron chi connectivity index (χ3n) is 7.62. The average molecular weight is 563 g/mol. The van der Waals surface area contributed by atoms with Gasteiger partial charge in [-0.1, -0.05) is 39.8 Å². The summed E-state index contributed by atoms with van der Waals surface area (Å²) in [5.74, 6) is 0.0960. The number of nitrogens with zero attached hydrogens (tertiary/aromatic N) is 3. The Balaban J connectivity index is 1.23. The summed E-state index contributed by atoms with van der Waals surface area (Å²) >= 11 is -0.110. The molecule has 0 saturated carbocycles. The Hall–Kier alpha value is -2.39. The first-order chi connectivity index (χ1) is 18.4. The minimum atomic E-state index is -4.29. The molecule has 2 atom stereocenters. The molecule has 39 heavy (non-hydrogen) atoms. The fraction of sp³-hybridized carbons (Fsp3) is 0.567. The molecular weight excluding hydrogens is 521 g/mol. The van der Waals surface area contributed by atoms with Crippen LogP contribution in [0.1, 0.15) is 46.1 Å². The maximum atomic E-state index is 13.3. The van der Waals surface area contributed by atoms with Crippen molar-refractivity contribution < 1.29 is 18.0 Å². The van der Waals surface area contributed by atoms with Gasteiger partial charge in [-0.25, -0.2) is 0 Å². The van der Waals surface area contributed by atoms with Crippen LogP contribution < -0.4 is 10.2 Å². The lowest BCUT2D eigenvalue weighted by molar-refractivity contribution is -0.136. The van der Waals surface area contributed by atoms with E-state index in [1.165, 1.54) is 23.4 Å². The van der Waals surface area contributed by atoms with Gasteiger partial charge in [0, 0.05) is 74.0 Å². The first-order valence-electron chi connectivity index (χ1n) is 13.9. The monoisotopic (exact) mass is 562 g/mol. The Morgan fingerprint density at radius 3 is 2.21 bits per heavy atom. The molecule has 1 amide bonds. The summed E-state index contributed by atoms with van der Waals surface area (Å²) in [5, 5.41) is 3.41. The Morgan fingerprint density at radius 2 is 1.62 bits per heavy atom. The van der Waals surface area contributed by atoms with E-state index in [9.17, 15) is 18.0 Å². The lowest BCUT2D eigenvalue weighted by atomic mass is 9.87. The molecule has 4 rings (SSSR count). The van der Waals surface area contributed by atoms with Crippen LogP contribution in [-0.2, 0) is 10.2 Å². The van der Waals surface area contributed by atoms with Crippen molar-refractivity contribution in [1.82, 2.24) is 9.80 Å². The van der Waals surface area contributed by atoms with E-state index in [2.05, 4.69) is 60.2 Å². The average Bonchev–Trinajstić information content (AvgIpc) is 2.89. The smallest absolute Gasteiger partial charge is 0.381 e. The van der Waals surface area contributed by atoms with Gasteiger partial charge in [0.2, 0.25) is 5.91 Å². The van der Waals surface area contributed by atoms with Crippen LogP contribution in [0.25, 0.3) is 0 Å². The number of amides is 1. The number of hydrogen-bond donors (Lipinski definition) is 1. The van der Waals surface area contributed by atoms with Crippen molar-refractivity contribution in [2.45, 2.75) is 62.4 Å². The second-order valence-corrected chi connectivity index (χ2v) is 13.0. The van der Waals surface area contributed by atoms with Crippen molar-refractivity contribution in [3.63, 3.8) is 0 Å². The number of piperidine rings is 1. The predicted molar refractivity (Wildman–Crippen MR) is 155 cm³/mol. The molecule has 0 bridgehead atoms. The largest absolute Gasteiger partial charge is 0.446 e. The molecule has 0 spiro atoms. The van der Waals surface area contributed by atoms with E-state index in [1.807, 2.05) is 11.8 Å². The Labute approximate surface area is 235 Å². The van der Waals surface area contributed by atoms with E-state index in [0.29, 0.717) is 6.54 Å². The molecular formula is C30H41F3N4OS. The zero-order valence-electron chi connectivity index (χ0n) is 23.4. The van der Waals surface area contributed by atoms with E-state index in [0.717, 1.165) is 57.8 Å². The van der Waals surface area contributed by atoms with Crippen LogP contribution in [0.4, 0.5) is 24.5 Å². The molecule has 5 nitrogen and oxygen atoms in total. The highest BCUT2D eigenvalue weighted by Gasteiger charge is 2.30. The van der Waals surface area contributed by atoms with Gasteiger partial charge in [0.25, 0.3) is 0 Å². The number of halogens is 3. The first kappa shape index (κ1) is 29.6. The number of alkyl halides is 3. The third kappa shape index (κ3) is 8.55. The second-order valence-electron chi connectivity index (χ2n) is 11.8.